The largest absolute Gasteiger partial charge is 0.356 e. The Morgan fingerprint density at radius 1 is 1.06 bits per heavy atom. The Labute approximate surface area is 178 Å². The van der Waals surface area contributed by atoms with E-state index in [-0.39, 0.29) is 11.7 Å². The summed E-state index contributed by atoms with van der Waals surface area (Å²) >= 11 is 0. The van der Waals surface area contributed by atoms with E-state index in [0.29, 0.717) is 13.0 Å². The van der Waals surface area contributed by atoms with Crippen molar-refractivity contribution in [3.05, 3.63) is 101 Å². The van der Waals surface area contributed by atoms with E-state index in [4.69, 9.17) is 0 Å². The van der Waals surface area contributed by atoms with Gasteiger partial charge in [0.15, 0.2) is 0 Å². The van der Waals surface area contributed by atoms with Crippen molar-refractivity contribution in [2.45, 2.75) is 19.4 Å². The third-order valence-corrected chi connectivity index (χ3v) is 5.86. The van der Waals surface area contributed by atoms with Gasteiger partial charge < -0.3 is 15.2 Å². The Bertz CT molecular complexity index is 1280. The summed E-state index contributed by atoms with van der Waals surface area (Å²) in [6, 6.07) is 18.3. The van der Waals surface area contributed by atoms with E-state index in [9.17, 15) is 13.6 Å². The van der Waals surface area contributed by atoms with Crippen LogP contribution in [0.3, 0.4) is 0 Å². The zero-order chi connectivity index (χ0) is 21.5. The Kier molecular flexibility index (Phi) is 4.70. The number of halogens is 2. The molecule has 31 heavy (non-hydrogen) atoms. The molecule has 1 aliphatic rings. The number of anilines is 1. The Hall–Kier alpha value is -3.67. The number of nitrogens with one attached hydrogen (secondary N) is 2. The molecule has 0 fully saturated rings. The number of aromatic amines is 1. The van der Waals surface area contributed by atoms with Gasteiger partial charge in [-0.15, -0.1) is 0 Å². The molecule has 0 spiro atoms. The van der Waals surface area contributed by atoms with Crippen LogP contribution >= 0.6 is 0 Å². The van der Waals surface area contributed by atoms with Crippen molar-refractivity contribution in [3.63, 3.8) is 0 Å². The number of carbonyl (C=O) groups is 1. The van der Waals surface area contributed by atoms with E-state index in [1.165, 1.54) is 5.56 Å². The number of fused-ring (bicyclic) bond motifs is 3. The van der Waals surface area contributed by atoms with Gasteiger partial charge in [0.25, 0.3) is 0 Å². The van der Waals surface area contributed by atoms with Crippen LogP contribution in [-0.2, 0) is 6.42 Å². The molecule has 156 valence electrons. The first-order valence-corrected chi connectivity index (χ1v) is 10.2. The fourth-order valence-electron chi connectivity index (χ4n) is 4.34. The molecule has 1 aromatic heterocycles. The van der Waals surface area contributed by atoms with Crippen LogP contribution in [0.2, 0.25) is 0 Å². The zero-order valence-corrected chi connectivity index (χ0v) is 17.0. The number of hydrogen-bond acceptors (Lipinski definition) is 1. The first-order valence-electron chi connectivity index (χ1n) is 10.2. The van der Waals surface area contributed by atoms with Gasteiger partial charge in [-0.1, -0.05) is 48.0 Å². The summed E-state index contributed by atoms with van der Waals surface area (Å²) in [5, 5.41) is 3.70. The van der Waals surface area contributed by atoms with Crippen LogP contribution in [0.4, 0.5) is 19.3 Å². The molecular weight excluding hydrogens is 396 g/mol. The quantitative estimate of drug-likeness (QED) is 0.417. The number of aromatic nitrogens is 1. The van der Waals surface area contributed by atoms with Crippen LogP contribution in [0.25, 0.3) is 10.9 Å². The molecule has 6 heteroatoms. The monoisotopic (exact) mass is 417 g/mol. The number of rotatable bonds is 2. The van der Waals surface area contributed by atoms with Gasteiger partial charge in [-0.05, 0) is 42.7 Å². The van der Waals surface area contributed by atoms with E-state index in [1.54, 1.807) is 4.90 Å². The molecule has 1 atom stereocenters. The number of carbonyl (C=O) groups excluding carboxylic acids is 1. The van der Waals surface area contributed by atoms with Crippen molar-refractivity contribution in [2.24, 2.45) is 0 Å². The van der Waals surface area contributed by atoms with Crippen molar-refractivity contribution < 1.29 is 13.6 Å². The number of nitrogens with zero attached hydrogens (tertiary/aromatic N) is 1. The SMILES string of the molecule is Cc1ccc([C@@H]2c3[nH]c4ccccc4c3CCN2C(=O)Nc2cc(F)ccc2F)cc1. The zero-order valence-electron chi connectivity index (χ0n) is 17.0. The lowest BCUT2D eigenvalue weighted by atomic mass is 9.92. The van der Waals surface area contributed by atoms with Crippen LogP contribution in [0, 0.1) is 18.6 Å². The number of hydrogen-bond donors (Lipinski definition) is 2. The predicted octanol–water partition coefficient (Wildman–Crippen LogP) is 5.93. The normalized spacial score (nSPS) is 15.7. The van der Waals surface area contributed by atoms with Gasteiger partial charge in [0.1, 0.15) is 11.6 Å². The summed E-state index contributed by atoms with van der Waals surface area (Å²) in [5.74, 6) is -1.28. The number of H-pyrrole nitrogens is 1. The highest BCUT2D eigenvalue weighted by molar-refractivity contribution is 5.91. The predicted molar refractivity (Wildman–Crippen MR) is 117 cm³/mol. The molecule has 0 bridgehead atoms. The van der Waals surface area contributed by atoms with E-state index in [0.717, 1.165) is 45.9 Å². The molecule has 0 radical (unpaired) electrons. The molecule has 5 rings (SSSR count). The molecular formula is C25H21F2N3O. The topological polar surface area (TPSA) is 48.1 Å². The molecule has 0 saturated carbocycles. The van der Waals surface area contributed by atoms with Crippen LogP contribution < -0.4 is 5.32 Å². The van der Waals surface area contributed by atoms with Crippen molar-refractivity contribution in [1.82, 2.24) is 9.88 Å². The fraction of sp³-hybridized carbons (Fsp3) is 0.160. The molecule has 0 unspecified atom stereocenters. The number of urea groups is 1. The van der Waals surface area contributed by atoms with Crippen molar-refractivity contribution >= 4 is 22.6 Å². The molecule has 4 nitrogen and oxygen atoms in total. The van der Waals surface area contributed by atoms with E-state index in [1.807, 2.05) is 49.4 Å². The molecule has 4 aromatic rings. The van der Waals surface area contributed by atoms with Crippen LogP contribution in [0.15, 0.2) is 66.7 Å². The van der Waals surface area contributed by atoms with E-state index in [2.05, 4.69) is 16.4 Å². The summed E-state index contributed by atoms with van der Waals surface area (Å²) in [7, 11) is 0. The number of benzene rings is 3. The van der Waals surface area contributed by atoms with Crippen LogP contribution in [0.1, 0.15) is 28.4 Å². The summed E-state index contributed by atoms with van der Waals surface area (Å²) in [6.45, 7) is 2.46. The van der Waals surface area contributed by atoms with Gasteiger partial charge in [-0.3, -0.25) is 0 Å². The van der Waals surface area contributed by atoms with E-state index >= 15 is 0 Å². The lowest BCUT2D eigenvalue weighted by Gasteiger charge is -2.36. The molecule has 2 N–H and O–H groups in total. The maximum absolute atomic E-state index is 14.1. The highest BCUT2D eigenvalue weighted by Gasteiger charge is 2.34. The lowest BCUT2D eigenvalue weighted by Crippen LogP contribution is -2.43. The maximum Gasteiger partial charge on any atom is 0.322 e. The second kappa shape index (κ2) is 7.54. The van der Waals surface area contributed by atoms with Gasteiger partial charge in [-0.25, -0.2) is 13.6 Å². The number of para-hydroxylation sites is 1. The average molecular weight is 417 g/mol. The number of aryl methyl sites for hydroxylation is 1. The highest BCUT2D eigenvalue weighted by Crippen LogP contribution is 2.38. The second-order valence-corrected chi connectivity index (χ2v) is 7.87. The summed E-state index contributed by atoms with van der Waals surface area (Å²) in [4.78, 5) is 18.4. The van der Waals surface area contributed by atoms with Crippen molar-refractivity contribution in [3.8, 4) is 0 Å². The first-order chi connectivity index (χ1) is 15.0. The first kappa shape index (κ1) is 19.3. The molecule has 2 heterocycles. The van der Waals surface area contributed by atoms with Gasteiger partial charge in [0, 0.05) is 29.2 Å². The molecule has 1 aliphatic heterocycles. The van der Waals surface area contributed by atoms with Crippen LogP contribution in [-0.4, -0.2) is 22.5 Å². The summed E-state index contributed by atoms with van der Waals surface area (Å²) in [6.07, 6.45) is 0.667. The Balaban J connectivity index is 1.58. The fourth-order valence-corrected chi connectivity index (χ4v) is 4.34. The number of amides is 2. The van der Waals surface area contributed by atoms with Crippen LogP contribution in [0.5, 0.6) is 0 Å². The Morgan fingerprint density at radius 3 is 2.65 bits per heavy atom. The van der Waals surface area contributed by atoms with Crippen molar-refractivity contribution in [1.29, 1.82) is 0 Å². The van der Waals surface area contributed by atoms with Crippen molar-refractivity contribution in [2.75, 3.05) is 11.9 Å². The molecule has 0 aliphatic carbocycles. The highest BCUT2D eigenvalue weighted by atomic mass is 19.1. The molecule has 0 saturated heterocycles. The van der Waals surface area contributed by atoms with Gasteiger partial charge in [0.05, 0.1) is 11.7 Å². The van der Waals surface area contributed by atoms with Gasteiger partial charge in [0.2, 0.25) is 0 Å². The third kappa shape index (κ3) is 3.44. The minimum Gasteiger partial charge on any atom is -0.356 e. The third-order valence-electron chi connectivity index (χ3n) is 5.86. The molecule has 2 amide bonds. The second-order valence-electron chi connectivity index (χ2n) is 7.87. The van der Waals surface area contributed by atoms with Gasteiger partial charge in [-0.2, -0.15) is 0 Å². The van der Waals surface area contributed by atoms with Gasteiger partial charge >= 0.3 is 6.03 Å². The van der Waals surface area contributed by atoms with E-state index < -0.39 is 17.7 Å². The maximum atomic E-state index is 14.1. The molecule has 3 aromatic carbocycles. The Morgan fingerprint density at radius 2 is 1.84 bits per heavy atom. The standard InChI is InChI=1S/C25H21F2N3O/c1-15-6-8-16(9-7-15)24-23-19(18-4-2-3-5-21(18)28-23)12-13-30(24)25(31)29-22-14-17(26)10-11-20(22)27/h2-11,14,24,28H,12-13H2,1H3,(H,29,31)/t24-/m1/s1. The average Bonchev–Trinajstić information content (AvgIpc) is 3.15. The smallest absolute Gasteiger partial charge is 0.322 e. The summed E-state index contributed by atoms with van der Waals surface area (Å²) in [5.41, 5.74) is 5.05. The summed E-state index contributed by atoms with van der Waals surface area (Å²) < 4.78 is 27.7. The minimum absolute atomic E-state index is 0.171. The lowest BCUT2D eigenvalue weighted by molar-refractivity contribution is 0.193. The minimum atomic E-state index is -0.676.